The molecule has 0 amide bonds. The van der Waals surface area contributed by atoms with Gasteiger partial charge in [0.2, 0.25) is 0 Å². The molecule has 4 nitrogen and oxygen atoms in total. The van der Waals surface area contributed by atoms with E-state index in [1.807, 2.05) is 6.07 Å². The maximum atomic E-state index is 10.1. The van der Waals surface area contributed by atoms with Crippen LogP contribution in [0.2, 0.25) is 0 Å². The summed E-state index contributed by atoms with van der Waals surface area (Å²) in [5.74, 6) is 0.597. The number of nitrogens with zero attached hydrogens (tertiary/aromatic N) is 1. The Labute approximate surface area is 173 Å². The Balaban J connectivity index is 0.00000264. The van der Waals surface area contributed by atoms with E-state index in [2.05, 4.69) is 55.6 Å². The zero-order valence-electron chi connectivity index (χ0n) is 13.8. The van der Waals surface area contributed by atoms with Crippen LogP contribution in [0, 0.1) is 0 Å². The number of halogens is 4. The Morgan fingerprint density at radius 1 is 1.33 bits per heavy atom. The van der Waals surface area contributed by atoms with E-state index < -0.39 is 0 Å². The van der Waals surface area contributed by atoms with Gasteiger partial charge in [-0.05, 0) is 56.8 Å². The van der Waals surface area contributed by atoms with Crippen LogP contribution in [0.1, 0.15) is 24.9 Å². The van der Waals surface area contributed by atoms with Crippen LogP contribution >= 0.6 is 56.7 Å². The Morgan fingerprint density at radius 2 is 1.92 bits per heavy atom. The first-order valence-electron chi connectivity index (χ1n) is 7.29. The highest BCUT2D eigenvalue weighted by Crippen LogP contribution is 2.45. The third kappa shape index (κ3) is 5.51. The molecule has 2 N–H and O–H groups in total. The molecule has 1 aromatic rings. The van der Waals surface area contributed by atoms with E-state index in [0.29, 0.717) is 10.2 Å². The van der Waals surface area contributed by atoms with Crippen molar-refractivity contribution in [2.24, 2.45) is 0 Å². The van der Waals surface area contributed by atoms with Crippen LogP contribution in [0.5, 0.6) is 11.5 Å². The van der Waals surface area contributed by atoms with Crippen molar-refractivity contribution in [3.63, 3.8) is 0 Å². The number of hydrogen-bond acceptors (Lipinski definition) is 4. The molecule has 0 saturated carbocycles. The highest BCUT2D eigenvalue weighted by Gasteiger charge is 2.27. The van der Waals surface area contributed by atoms with Crippen LogP contribution in [0.3, 0.4) is 0 Å². The number of rotatable bonds is 5. The molecule has 0 bridgehead atoms. The molecular weight excluding hydrogens is 483 g/mol. The molecule has 1 aliphatic rings. The number of phenols is 1. The molecule has 1 aromatic carbocycles. The van der Waals surface area contributed by atoms with Gasteiger partial charge in [0.25, 0.3) is 0 Å². The number of phenolic OH excluding ortho intramolecular Hbond substituents is 1. The lowest BCUT2D eigenvalue weighted by Crippen LogP contribution is -2.45. The van der Waals surface area contributed by atoms with Crippen LogP contribution in [0.4, 0.5) is 0 Å². The summed E-state index contributed by atoms with van der Waals surface area (Å²) in [6.07, 6.45) is 0.874. The lowest BCUT2D eigenvalue weighted by Gasteiger charge is -2.36. The number of nitrogens with one attached hydrogen (secondary N) is 1. The van der Waals surface area contributed by atoms with Gasteiger partial charge in [-0.1, -0.05) is 5.57 Å². The van der Waals surface area contributed by atoms with E-state index in [1.165, 1.54) is 0 Å². The SMILES string of the molecule is C=C(C)C[C@H](c1cc(OC)c(O)c(Br)c1Br)N1CCNCC1.Cl.Cl. The third-order valence-electron chi connectivity index (χ3n) is 3.89. The minimum Gasteiger partial charge on any atom is -0.503 e. The molecule has 1 fully saturated rings. The van der Waals surface area contributed by atoms with Crippen molar-refractivity contribution in [3.8, 4) is 11.5 Å². The summed E-state index contributed by atoms with van der Waals surface area (Å²) in [7, 11) is 1.57. The second kappa shape index (κ2) is 10.9. The minimum absolute atomic E-state index is 0. The molecule has 1 aliphatic heterocycles. The summed E-state index contributed by atoms with van der Waals surface area (Å²) in [6.45, 7) is 10.1. The molecule has 1 saturated heterocycles. The average molecular weight is 507 g/mol. The number of hydrogen-bond donors (Lipinski definition) is 2. The molecule has 0 radical (unpaired) electrons. The van der Waals surface area contributed by atoms with Gasteiger partial charge in [0.1, 0.15) is 0 Å². The maximum Gasteiger partial charge on any atom is 0.173 e. The quantitative estimate of drug-likeness (QED) is 0.569. The van der Waals surface area contributed by atoms with Gasteiger partial charge in [0, 0.05) is 36.7 Å². The fraction of sp³-hybridized carbons (Fsp3) is 0.500. The predicted molar refractivity (Wildman–Crippen MR) is 111 cm³/mol. The van der Waals surface area contributed by atoms with Gasteiger partial charge in [-0.3, -0.25) is 4.90 Å². The summed E-state index contributed by atoms with van der Waals surface area (Å²) in [5.41, 5.74) is 2.24. The van der Waals surface area contributed by atoms with Crippen LogP contribution in [0.25, 0.3) is 0 Å². The molecule has 8 heteroatoms. The fourth-order valence-electron chi connectivity index (χ4n) is 2.77. The molecule has 0 aromatic heterocycles. The highest BCUT2D eigenvalue weighted by atomic mass is 79.9. The Morgan fingerprint density at radius 3 is 2.42 bits per heavy atom. The van der Waals surface area contributed by atoms with Crippen molar-refractivity contribution in [1.82, 2.24) is 10.2 Å². The van der Waals surface area contributed by atoms with Gasteiger partial charge in [-0.25, -0.2) is 0 Å². The Bertz CT molecular complexity index is 567. The van der Waals surface area contributed by atoms with E-state index >= 15 is 0 Å². The average Bonchev–Trinajstić information content (AvgIpc) is 2.52. The molecular formula is C16H24Br2Cl2N2O2. The zero-order chi connectivity index (χ0) is 16.3. The molecule has 24 heavy (non-hydrogen) atoms. The van der Waals surface area contributed by atoms with E-state index in [1.54, 1.807) is 7.11 Å². The lowest BCUT2D eigenvalue weighted by atomic mass is 9.97. The zero-order valence-corrected chi connectivity index (χ0v) is 18.6. The van der Waals surface area contributed by atoms with Gasteiger partial charge in [0.05, 0.1) is 11.6 Å². The summed E-state index contributed by atoms with van der Waals surface area (Å²) in [6, 6.07) is 2.12. The van der Waals surface area contributed by atoms with Crippen molar-refractivity contribution in [2.75, 3.05) is 33.3 Å². The number of piperazine rings is 1. The topological polar surface area (TPSA) is 44.7 Å². The maximum absolute atomic E-state index is 10.1. The van der Waals surface area contributed by atoms with Gasteiger partial charge in [-0.2, -0.15) is 0 Å². The second-order valence-corrected chi connectivity index (χ2v) is 7.19. The lowest BCUT2D eigenvalue weighted by molar-refractivity contribution is 0.171. The minimum atomic E-state index is 0. The van der Waals surface area contributed by atoms with Gasteiger partial charge < -0.3 is 15.2 Å². The van der Waals surface area contributed by atoms with Crippen molar-refractivity contribution >= 4 is 56.7 Å². The number of ether oxygens (including phenoxy) is 1. The Kier molecular flexibility index (Phi) is 10.9. The highest BCUT2D eigenvalue weighted by molar-refractivity contribution is 9.13. The molecule has 1 heterocycles. The first kappa shape index (κ1) is 24.0. The second-order valence-electron chi connectivity index (χ2n) is 5.61. The normalized spacial score (nSPS) is 15.8. The third-order valence-corrected chi connectivity index (χ3v) is 6.05. The van der Waals surface area contributed by atoms with Crippen molar-refractivity contribution < 1.29 is 9.84 Å². The number of methoxy groups -OCH3 is 1. The summed E-state index contributed by atoms with van der Waals surface area (Å²) < 4.78 is 6.81. The first-order chi connectivity index (χ1) is 10.5. The van der Waals surface area contributed by atoms with Crippen molar-refractivity contribution in [3.05, 3.63) is 32.7 Å². The van der Waals surface area contributed by atoms with Crippen molar-refractivity contribution in [1.29, 1.82) is 0 Å². The molecule has 138 valence electrons. The first-order valence-corrected chi connectivity index (χ1v) is 8.88. The van der Waals surface area contributed by atoms with Crippen LogP contribution < -0.4 is 10.1 Å². The van der Waals surface area contributed by atoms with Gasteiger partial charge in [0.15, 0.2) is 11.5 Å². The smallest absolute Gasteiger partial charge is 0.173 e. The van der Waals surface area contributed by atoms with E-state index in [0.717, 1.165) is 48.2 Å². The van der Waals surface area contributed by atoms with Crippen LogP contribution in [-0.2, 0) is 0 Å². The van der Waals surface area contributed by atoms with E-state index in [-0.39, 0.29) is 36.6 Å². The van der Waals surface area contributed by atoms with E-state index in [9.17, 15) is 5.11 Å². The summed E-state index contributed by atoms with van der Waals surface area (Å²) in [5, 5.41) is 13.5. The fourth-order valence-corrected chi connectivity index (χ4v) is 3.76. The van der Waals surface area contributed by atoms with E-state index in [4.69, 9.17) is 4.74 Å². The summed E-state index contributed by atoms with van der Waals surface area (Å²) in [4.78, 5) is 2.45. The summed E-state index contributed by atoms with van der Waals surface area (Å²) >= 11 is 7.07. The molecule has 0 aliphatic carbocycles. The van der Waals surface area contributed by atoms with Crippen LogP contribution in [0.15, 0.2) is 27.2 Å². The molecule has 2 rings (SSSR count). The predicted octanol–water partition coefficient (Wildman–Crippen LogP) is 4.68. The van der Waals surface area contributed by atoms with Gasteiger partial charge >= 0.3 is 0 Å². The monoisotopic (exact) mass is 504 g/mol. The molecule has 1 atom stereocenters. The largest absolute Gasteiger partial charge is 0.503 e. The van der Waals surface area contributed by atoms with Crippen molar-refractivity contribution in [2.45, 2.75) is 19.4 Å². The molecule has 0 spiro atoms. The van der Waals surface area contributed by atoms with Gasteiger partial charge in [-0.15, -0.1) is 31.4 Å². The number of aromatic hydroxyl groups is 1. The Hall–Kier alpha value is 0.0200. The standard InChI is InChI=1S/C16H22Br2N2O2.2ClH/c1-10(2)8-12(20-6-4-19-5-7-20)11-9-13(22-3)16(21)15(18)14(11)17;;/h9,12,19,21H,1,4-8H2,2-3H3;2*1H/t12-;;/m1../s1. The number of benzene rings is 1. The van der Waals surface area contributed by atoms with Crippen LogP contribution in [-0.4, -0.2) is 43.3 Å². The molecule has 0 unspecified atom stereocenters.